The Kier molecular flexibility index (Phi) is 3.15. The molecule has 0 saturated carbocycles. The third kappa shape index (κ3) is 1.93. The van der Waals surface area contributed by atoms with E-state index in [1.165, 1.54) is 24.2 Å². The fourth-order valence-corrected chi connectivity index (χ4v) is 3.87. The maximum absolute atomic E-state index is 5.91. The predicted octanol–water partition coefficient (Wildman–Crippen LogP) is 0.126. The lowest BCUT2D eigenvalue weighted by Crippen LogP contribution is -2.64. The van der Waals surface area contributed by atoms with Gasteiger partial charge in [-0.05, 0) is 5.56 Å². The largest absolute Gasteiger partial charge is 0.493 e. The summed E-state index contributed by atoms with van der Waals surface area (Å²) in [7, 11) is 0. The highest BCUT2D eigenvalue weighted by molar-refractivity contribution is 5.46. The van der Waals surface area contributed by atoms with Crippen molar-refractivity contribution in [1.82, 2.24) is 15.2 Å². The van der Waals surface area contributed by atoms with E-state index in [1.807, 2.05) is 0 Å². The molecule has 0 amide bonds. The second-order valence-corrected chi connectivity index (χ2v) is 5.98. The second kappa shape index (κ2) is 5.00. The zero-order valence-corrected chi connectivity index (χ0v) is 11.7. The molecule has 0 aliphatic carbocycles. The minimum absolute atomic E-state index is 0.145. The smallest absolute Gasteiger partial charge is 0.127 e. The van der Waals surface area contributed by atoms with Crippen molar-refractivity contribution in [3.8, 4) is 5.75 Å². The van der Waals surface area contributed by atoms with Crippen molar-refractivity contribution in [3.05, 3.63) is 29.3 Å². The summed E-state index contributed by atoms with van der Waals surface area (Å²) < 4.78 is 5.86. The number of piperazine rings is 3. The topological polar surface area (TPSA) is 53.8 Å². The Labute approximate surface area is 119 Å². The quantitative estimate of drug-likeness (QED) is 0.606. The van der Waals surface area contributed by atoms with Crippen molar-refractivity contribution < 1.29 is 4.74 Å². The third-order valence-corrected chi connectivity index (χ3v) is 4.97. The molecule has 20 heavy (non-hydrogen) atoms. The molecule has 4 heterocycles. The summed E-state index contributed by atoms with van der Waals surface area (Å²) in [4.78, 5) is 5.11. The summed E-state index contributed by atoms with van der Waals surface area (Å²) in [6, 6.07) is 7.04. The number of ether oxygens (including phenoxy) is 1. The first kappa shape index (κ1) is 12.6. The number of nitrogens with two attached hydrogens (primary N) is 1. The van der Waals surface area contributed by atoms with Gasteiger partial charge < -0.3 is 4.74 Å². The first-order chi connectivity index (χ1) is 9.86. The Morgan fingerprint density at radius 1 is 1.25 bits per heavy atom. The molecule has 3 fully saturated rings. The number of fused-ring (bicyclic) bond motifs is 4. The van der Waals surface area contributed by atoms with E-state index < -0.39 is 0 Å². The van der Waals surface area contributed by atoms with Crippen molar-refractivity contribution in [3.63, 3.8) is 0 Å². The zero-order chi connectivity index (χ0) is 13.5. The predicted molar refractivity (Wildman–Crippen MR) is 77.5 cm³/mol. The number of benzene rings is 1. The maximum Gasteiger partial charge on any atom is 0.127 e. The van der Waals surface area contributed by atoms with Crippen molar-refractivity contribution in [1.29, 1.82) is 0 Å². The average molecular weight is 274 g/mol. The van der Waals surface area contributed by atoms with Crippen LogP contribution in [0.25, 0.3) is 0 Å². The molecular formula is C15H22N4O. The Morgan fingerprint density at radius 3 is 2.80 bits per heavy atom. The van der Waals surface area contributed by atoms with Gasteiger partial charge in [0.05, 0.1) is 12.6 Å². The van der Waals surface area contributed by atoms with Gasteiger partial charge in [0.2, 0.25) is 0 Å². The summed E-state index contributed by atoms with van der Waals surface area (Å²) in [5.41, 5.74) is 5.60. The van der Waals surface area contributed by atoms with Gasteiger partial charge in [0.15, 0.2) is 0 Å². The number of hydrogen-bond acceptors (Lipinski definition) is 5. The number of rotatable bonds is 3. The molecule has 0 spiro atoms. The molecule has 5 rings (SSSR count). The number of nitrogens with one attached hydrogen (secondary N) is 1. The normalized spacial score (nSPS) is 32.8. The van der Waals surface area contributed by atoms with Gasteiger partial charge in [0.25, 0.3) is 0 Å². The molecular weight excluding hydrogens is 252 g/mol. The van der Waals surface area contributed by atoms with Gasteiger partial charge in [-0.25, -0.2) is 0 Å². The summed E-state index contributed by atoms with van der Waals surface area (Å²) in [5, 5.41) is 0. The van der Waals surface area contributed by atoms with Crippen LogP contribution in [-0.2, 0) is 6.42 Å². The fourth-order valence-electron chi connectivity index (χ4n) is 3.87. The molecule has 3 saturated heterocycles. The highest BCUT2D eigenvalue weighted by atomic mass is 16.5. The lowest BCUT2D eigenvalue weighted by atomic mass is 9.92. The molecule has 0 aromatic heterocycles. The molecule has 5 nitrogen and oxygen atoms in total. The molecule has 4 aliphatic heterocycles. The number of hydrogen-bond donors (Lipinski definition) is 2. The van der Waals surface area contributed by atoms with Gasteiger partial charge in [0.1, 0.15) is 5.75 Å². The standard InChI is InChI=1S/C15H22N4O/c16-17-14(13-10-18-5-7-19(13)8-6-18)12-3-1-2-11-4-9-20-15(11)12/h1-3,13-14,17H,4-10,16H2. The summed E-state index contributed by atoms with van der Waals surface area (Å²) in [6.45, 7) is 6.58. The highest BCUT2D eigenvalue weighted by Crippen LogP contribution is 2.36. The van der Waals surface area contributed by atoms with Crippen LogP contribution >= 0.6 is 0 Å². The summed E-state index contributed by atoms with van der Waals surface area (Å²) >= 11 is 0. The van der Waals surface area contributed by atoms with E-state index in [0.717, 1.165) is 38.4 Å². The Balaban J connectivity index is 1.67. The van der Waals surface area contributed by atoms with Gasteiger partial charge in [0, 0.05) is 50.7 Å². The third-order valence-electron chi connectivity index (χ3n) is 4.97. The van der Waals surface area contributed by atoms with E-state index in [-0.39, 0.29) is 6.04 Å². The number of nitrogens with zero attached hydrogens (tertiary/aromatic N) is 2. The lowest BCUT2D eigenvalue weighted by molar-refractivity contribution is -0.00401. The van der Waals surface area contributed by atoms with Crippen LogP contribution in [0.5, 0.6) is 5.75 Å². The van der Waals surface area contributed by atoms with Gasteiger partial charge in [-0.3, -0.25) is 21.1 Å². The average Bonchev–Trinajstić information content (AvgIpc) is 2.99. The monoisotopic (exact) mass is 274 g/mol. The minimum Gasteiger partial charge on any atom is -0.493 e. The Bertz CT molecular complexity index is 499. The molecule has 1 aromatic carbocycles. The van der Waals surface area contributed by atoms with Gasteiger partial charge in [-0.15, -0.1) is 0 Å². The van der Waals surface area contributed by atoms with Crippen molar-refractivity contribution in [2.75, 3.05) is 39.3 Å². The molecule has 108 valence electrons. The van der Waals surface area contributed by atoms with Crippen LogP contribution in [0.2, 0.25) is 0 Å². The summed E-state index contributed by atoms with van der Waals surface area (Å²) in [6.07, 6.45) is 1.01. The van der Waals surface area contributed by atoms with Gasteiger partial charge >= 0.3 is 0 Å². The lowest BCUT2D eigenvalue weighted by Gasteiger charge is -2.50. The minimum atomic E-state index is 0.145. The molecule has 4 aliphatic rings. The van der Waals surface area contributed by atoms with Crippen molar-refractivity contribution in [2.24, 2.45) is 5.84 Å². The molecule has 1 aromatic rings. The van der Waals surface area contributed by atoms with Crippen molar-refractivity contribution in [2.45, 2.75) is 18.5 Å². The van der Waals surface area contributed by atoms with E-state index >= 15 is 0 Å². The highest BCUT2D eigenvalue weighted by Gasteiger charge is 2.38. The molecule has 2 atom stereocenters. The molecule has 2 bridgehead atoms. The van der Waals surface area contributed by atoms with Crippen molar-refractivity contribution >= 4 is 0 Å². The molecule has 5 heteroatoms. The van der Waals surface area contributed by atoms with Crippen LogP contribution < -0.4 is 16.0 Å². The zero-order valence-electron chi connectivity index (χ0n) is 11.7. The second-order valence-electron chi connectivity index (χ2n) is 5.98. The molecule has 3 N–H and O–H groups in total. The number of hydrazine groups is 1. The van der Waals surface area contributed by atoms with E-state index in [2.05, 4.69) is 33.4 Å². The van der Waals surface area contributed by atoms with Crippen LogP contribution in [0.15, 0.2) is 18.2 Å². The first-order valence-electron chi connectivity index (χ1n) is 7.54. The summed E-state index contributed by atoms with van der Waals surface area (Å²) in [5.74, 6) is 6.97. The number of para-hydroxylation sites is 1. The van der Waals surface area contributed by atoms with E-state index in [4.69, 9.17) is 10.6 Å². The SMILES string of the molecule is NNC(c1cccc2c1OCC2)C1CN2CCN1CC2. The first-order valence-corrected chi connectivity index (χ1v) is 7.54. The Hall–Kier alpha value is -1.14. The fraction of sp³-hybridized carbons (Fsp3) is 0.600. The van der Waals surface area contributed by atoms with Crippen LogP contribution in [0.1, 0.15) is 17.2 Å². The van der Waals surface area contributed by atoms with Gasteiger partial charge in [-0.2, -0.15) is 0 Å². The van der Waals surface area contributed by atoms with E-state index in [9.17, 15) is 0 Å². The molecule has 2 unspecified atom stereocenters. The van der Waals surface area contributed by atoms with Crippen LogP contribution in [0, 0.1) is 0 Å². The van der Waals surface area contributed by atoms with Crippen LogP contribution in [0.4, 0.5) is 0 Å². The maximum atomic E-state index is 5.91. The molecule has 0 radical (unpaired) electrons. The van der Waals surface area contributed by atoms with E-state index in [0.29, 0.717) is 6.04 Å². The Morgan fingerprint density at radius 2 is 2.10 bits per heavy atom. The van der Waals surface area contributed by atoms with Crippen LogP contribution in [0.3, 0.4) is 0 Å². The van der Waals surface area contributed by atoms with E-state index in [1.54, 1.807) is 0 Å². The van der Waals surface area contributed by atoms with Crippen LogP contribution in [-0.4, -0.2) is 55.2 Å². The van der Waals surface area contributed by atoms with Gasteiger partial charge in [-0.1, -0.05) is 18.2 Å².